The summed E-state index contributed by atoms with van der Waals surface area (Å²) >= 11 is 0. The van der Waals surface area contributed by atoms with Crippen LogP contribution in [0.15, 0.2) is 41.6 Å². The van der Waals surface area contributed by atoms with Crippen LogP contribution >= 0.6 is 0 Å². The molecule has 0 spiro atoms. The number of rotatable bonds is 4. The Balaban J connectivity index is 1.95. The summed E-state index contributed by atoms with van der Waals surface area (Å²) in [5.74, 6) is 0.555. The Bertz CT molecular complexity index is 1070. The second kappa shape index (κ2) is 5.59. The third-order valence-electron chi connectivity index (χ3n) is 4.41. The van der Waals surface area contributed by atoms with E-state index in [0.717, 1.165) is 24.2 Å². The third kappa shape index (κ3) is 2.12. The molecule has 122 valence electrons. The van der Waals surface area contributed by atoms with Gasteiger partial charge < -0.3 is 4.98 Å². The van der Waals surface area contributed by atoms with Gasteiger partial charge in [0.2, 0.25) is 0 Å². The summed E-state index contributed by atoms with van der Waals surface area (Å²) in [4.78, 5) is 28.6. The zero-order chi connectivity index (χ0) is 16.7. The first kappa shape index (κ1) is 14.6. The van der Waals surface area contributed by atoms with Crippen molar-refractivity contribution in [2.24, 2.45) is 0 Å². The number of nitrogens with one attached hydrogen (secondary N) is 1. The molecule has 7 heteroatoms. The fourth-order valence-electron chi connectivity index (χ4n) is 3.13. The van der Waals surface area contributed by atoms with Crippen molar-refractivity contribution in [3.8, 4) is 11.5 Å². The van der Waals surface area contributed by atoms with E-state index in [1.165, 1.54) is 0 Å². The lowest BCUT2D eigenvalue weighted by Crippen LogP contribution is -2.21. The number of imidazole rings is 2. The van der Waals surface area contributed by atoms with Crippen LogP contribution in [0.3, 0.4) is 0 Å². The number of fused-ring (bicyclic) bond motifs is 2. The van der Waals surface area contributed by atoms with E-state index in [1.807, 2.05) is 28.8 Å². The van der Waals surface area contributed by atoms with Gasteiger partial charge in [0.05, 0.1) is 12.4 Å². The van der Waals surface area contributed by atoms with Crippen LogP contribution in [0.1, 0.15) is 32.7 Å². The summed E-state index contributed by atoms with van der Waals surface area (Å²) in [6.45, 7) is 4.15. The summed E-state index contributed by atoms with van der Waals surface area (Å²) in [5.41, 5.74) is 2.80. The average Bonchev–Trinajstić information content (AvgIpc) is 3.17. The van der Waals surface area contributed by atoms with Crippen molar-refractivity contribution in [3.63, 3.8) is 0 Å². The predicted molar refractivity (Wildman–Crippen MR) is 92.0 cm³/mol. The highest BCUT2D eigenvalue weighted by molar-refractivity contribution is 5.72. The summed E-state index contributed by atoms with van der Waals surface area (Å²) in [7, 11) is 0. The Morgan fingerprint density at radius 3 is 2.79 bits per heavy atom. The molecule has 0 aromatic carbocycles. The minimum absolute atomic E-state index is 0.121. The van der Waals surface area contributed by atoms with Crippen LogP contribution in [-0.4, -0.2) is 28.9 Å². The maximum absolute atomic E-state index is 12.3. The molecule has 0 radical (unpaired) electrons. The number of nitrogens with zero attached hydrogens (tertiary/aromatic N) is 5. The largest absolute Gasteiger partial charge is 0.327 e. The van der Waals surface area contributed by atoms with Gasteiger partial charge in [0.15, 0.2) is 11.5 Å². The van der Waals surface area contributed by atoms with Crippen molar-refractivity contribution >= 4 is 16.8 Å². The van der Waals surface area contributed by atoms with Gasteiger partial charge in [-0.3, -0.25) is 8.97 Å². The van der Waals surface area contributed by atoms with Crippen LogP contribution < -0.4 is 5.69 Å². The normalized spacial score (nSPS) is 11.8. The molecule has 0 saturated heterocycles. The first-order chi connectivity index (χ1) is 11.7. The maximum atomic E-state index is 12.3. The SMILES string of the molecule is CCC(CC)n1c(=O)[nH]c2cnc(-c3cnc4ccccn34)nc21. The average molecular weight is 322 g/mol. The van der Waals surface area contributed by atoms with E-state index in [0.29, 0.717) is 17.0 Å². The van der Waals surface area contributed by atoms with Gasteiger partial charge in [0, 0.05) is 12.2 Å². The van der Waals surface area contributed by atoms with Crippen molar-refractivity contribution in [1.82, 2.24) is 28.9 Å². The Morgan fingerprint density at radius 2 is 2.00 bits per heavy atom. The van der Waals surface area contributed by atoms with Crippen LogP contribution in [0.5, 0.6) is 0 Å². The molecule has 0 bridgehead atoms. The topological polar surface area (TPSA) is 80.9 Å². The standard InChI is InChI=1S/C17H18N6O/c1-3-11(4-2)23-16-12(20-17(23)24)9-19-15(21-16)13-10-18-14-7-5-6-8-22(13)14/h5-11H,3-4H2,1-2H3,(H,20,24). The van der Waals surface area contributed by atoms with E-state index in [1.54, 1.807) is 17.0 Å². The zero-order valence-corrected chi connectivity index (χ0v) is 13.6. The number of hydrogen-bond donors (Lipinski definition) is 1. The van der Waals surface area contributed by atoms with Gasteiger partial charge in [0.1, 0.15) is 16.9 Å². The van der Waals surface area contributed by atoms with Gasteiger partial charge in [-0.2, -0.15) is 0 Å². The van der Waals surface area contributed by atoms with Gasteiger partial charge in [-0.1, -0.05) is 19.9 Å². The number of pyridine rings is 1. The molecule has 0 fully saturated rings. The Labute approximate surface area is 138 Å². The van der Waals surface area contributed by atoms with Crippen LogP contribution in [0.2, 0.25) is 0 Å². The van der Waals surface area contributed by atoms with Crippen molar-refractivity contribution in [1.29, 1.82) is 0 Å². The van der Waals surface area contributed by atoms with E-state index in [2.05, 4.69) is 33.8 Å². The number of aromatic amines is 1. The lowest BCUT2D eigenvalue weighted by molar-refractivity contribution is 0.469. The van der Waals surface area contributed by atoms with Crippen LogP contribution in [0.4, 0.5) is 0 Å². The molecule has 4 aromatic rings. The smallest absolute Gasteiger partial charge is 0.303 e. The van der Waals surface area contributed by atoms with Gasteiger partial charge in [-0.15, -0.1) is 0 Å². The van der Waals surface area contributed by atoms with E-state index < -0.39 is 0 Å². The molecule has 0 aliphatic rings. The van der Waals surface area contributed by atoms with Gasteiger partial charge in [0.25, 0.3) is 0 Å². The molecule has 0 amide bonds. The molecular weight excluding hydrogens is 304 g/mol. The first-order valence-corrected chi connectivity index (χ1v) is 8.12. The summed E-state index contributed by atoms with van der Waals surface area (Å²) in [6, 6.07) is 5.93. The van der Waals surface area contributed by atoms with E-state index >= 15 is 0 Å². The summed E-state index contributed by atoms with van der Waals surface area (Å²) < 4.78 is 3.68. The van der Waals surface area contributed by atoms with Crippen LogP contribution in [0.25, 0.3) is 28.3 Å². The molecule has 4 heterocycles. The summed E-state index contributed by atoms with van der Waals surface area (Å²) in [6.07, 6.45) is 7.09. The molecule has 24 heavy (non-hydrogen) atoms. The van der Waals surface area contributed by atoms with Crippen molar-refractivity contribution in [2.75, 3.05) is 0 Å². The van der Waals surface area contributed by atoms with Crippen molar-refractivity contribution in [3.05, 3.63) is 47.3 Å². The fourth-order valence-corrected chi connectivity index (χ4v) is 3.13. The minimum atomic E-state index is -0.136. The Kier molecular flexibility index (Phi) is 3.41. The molecular formula is C17H18N6O. The number of H-pyrrole nitrogens is 1. The highest BCUT2D eigenvalue weighted by Gasteiger charge is 2.17. The second-order valence-electron chi connectivity index (χ2n) is 5.77. The number of aromatic nitrogens is 6. The molecule has 4 aromatic heterocycles. The van der Waals surface area contributed by atoms with E-state index in [4.69, 9.17) is 0 Å². The third-order valence-corrected chi connectivity index (χ3v) is 4.41. The molecule has 7 nitrogen and oxygen atoms in total. The van der Waals surface area contributed by atoms with Gasteiger partial charge in [-0.05, 0) is 25.0 Å². The second-order valence-corrected chi connectivity index (χ2v) is 5.77. The monoisotopic (exact) mass is 322 g/mol. The zero-order valence-electron chi connectivity index (χ0n) is 13.6. The first-order valence-electron chi connectivity index (χ1n) is 8.12. The predicted octanol–water partition coefficient (Wildman–Crippen LogP) is 2.80. The highest BCUT2D eigenvalue weighted by atomic mass is 16.1. The molecule has 0 aliphatic carbocycles. The van der Waals surface area contributed by atoms with Crippen molar-refractivity contribution in [2.45, 2.75) is 32.7 Å². The van der Waals surface area contributed by atoms with Crippen LogP contribution in [0, 0.1) is 0 Å². The fraction of sp³-hybridized carbons (Fsp3) is 0.294. The molecule has 0 unspecified atom stereocenters. The van der Waals surface area contributed by atoms with Crippen LogP contribution in [-0.2, 0) is 0 Å². The van der Waals surface area contributed by atoms with E-state index in [-0.39, 0.29) is 11.7 Å². The van der Waals surface area contributed by atoms with Gasteiger partial charge >= 0.3 is 5.69 Å². The van der Waals surface area contributed by atoms with E-state index in [9.17, 15) is 4.79 Å². The van der Waals surface area contributed by atoms with Gasteiger partial charge in [-0.25, -0.2) is 19.7 Å². The minimum Gasteiger partial charge on any atom is -0.303 e. The molecule has 4 rings (SSSR count). The quantitative estimate of drug-likeness (QED) is 0.626. The lowest BCUT2D eigenvalue weighted by atomic mass is 10.2. The molecule has 0 saturated carbocycles. The maximum Gasteiger partial charge on any atom is 0.327 e. The molecule has 0 atom stereocenters. The Morgan fingerprint density at radius 1 is 1.17 bits per heavy atom. The van der Waals surface area contributed by atoms with Crippen molar-refractivity contribution < 1.29 is 0 Å². The summed E-state index contributed by atoms with van der Waals surface area (Å²) in [5, 5.41) is 0. The number of hydrogen-bond acceptors (Lipinski definition) is 4. The lowest BCUT2D eigenvalue weighted by Gasteiger charge is -2.13. The Hall–Kier alpha value is -2.96. The molecule has 1 N–H and O–H groups in total. The highest BCUT2D eigenvalue weighted by Crippen LogP contribution is 2.22. The molecule has 0 aliphatic heterocycles.